The van der Waals surface area contributed by atoms with Crippen LogP contribution in [0.4, 0.5) is 114 Å². The predicted octanol–water partition coefficient (Wildman–Crippen LogP) is 8.15. The van der Waals surface area contributed by atoms with Gasteiger partial charge in [0.15, 0.2) is 0 Å². The molecule has 0 atom stereocenters. The Balaban J connectivity index is 9.02. The van der Waals surface area contributed by atoms with Gasteiger partial charge in [-0.1, -0.05) is 0 Å². The fraction of sp³-hybridized carbons (Fsp3) is 1.00. The maximum Gasteiger partial charge on any atom is 0.612 e. The first-order valence-corrected chi connectivity index (χ1v) is 9.52. The highest BCUT2D eigenvalue weighted by atomic mass is 28.3. The van der Waals surface area contributed by atoms with Crippen LogP contribution in [-0.4, -0.2) is 72.1 Å². The molecule has 38 heavy (non-hydrogen) atoms. The van der Waals surface area contributed by atoms with Crippen molar-refractivity contribution in [2.45, 2.75) is 59.2 Å². The number of hydrogen-bond donors (Lipinski definition) is 0. The van der Waals surface area contributed by atoms with Gasteiger partial charge in [-0.15, -0.1) is 8.78 Å². The molecule has 0 aliphatic carbocycles. The normalized spacial score (nSPS) is 17.2. The van der Waals surface area contributed by atoms with E-state index in [0.717, 1.165) is 0 Å². The molecule has 0 aromatic rings. The summed E-state index contributed by atoms with van der Waals surface area (Å²) in [5, 5.41) is 0. The summed E-state index contributed by atoms with van der Waals surface area (Å²) < 4.78 is 331. The van der Waals surface area contributed by atoms with Crippen molar-refractivity contribution < 1.29 is 119 Å². The van der Waals surface area contributed by atoms with Crippen molar-refractivity contribution in [3.05, 3.63) is 0 Å². The summed E-state index contributed by atoms with van der Waals surface area (Å²) in [5.74, 6) is -19.1. The first-order chi connectivity index (χ1) is 15.8. The zero-order valence-corrected chi connectivity index (χ0v) is 16.8. The van der Waals surface area contributed by atoms with E-state index in [9.17, 15) is 114 Å². The first kappa shape index (κ1) is 36.4. The standard InChI is InChI=1S/C10F26NSi/c11-1(12,3(15,16)17)2(13,14)8(29,30)38(9(31,32)5(21,22)23,10(33,34)6(24,25)26)37(35,36)7(27,28)4(18,19)20/q+1. The maximum absolute atomic E-state index is 14.2. The summed E-state index contributed by atoms with van der Waals surface area (Å²) in [5.41, 5.74) is -30.5. The number of rotatable bonds is 7. The average Bonchev–Trinajstić information content (AvgIpc) is 2.56. The number of quaternary nitrogens is 1. The summed E-state index contributed by atoms with van der Waals surface area (Å²) in [6.07, 6.45) is -35.8. The van der Waals surface area contributed by atoms with Crippen LogP contribution in [0.2, 0.25) is 0 Å². The SMILES string of the molecule is FC(F)(F)C(F)(F)C(F)(F)C(F)(F)[Si](C(F)(F)C(F)(F)F)(C(F)(F)C(F)(F)F)[N+](F)(F)C(F)(F)C(F)(F)F. The van der Waals surface area contributed by atoms with Gasteiger partial charge in [-0.2, -0.15) is 96.6 Å². The highest BCUT2D eigenvalue weighted by Crippen LogP contribution is 2.70. The van der Waals surface area contributed by atoms with Crippen LogP contribution in [0.15, 0.2) is 0 Å². The Morgan fingerprint density at radius 3 is 0.763 bits per heavy atom. The van der Waals surface area contributed by atoms with Crippen LogP contribution >= 0.6 is 0 Å². The van der Waals surface area contributed by atoms with Gasteiger partial charge in [-0.05, 0) is 0 Å². The average molecular weight is 656 g/mol. The zero-order valence-electron chi connectivity index (χ0n) is 15.8. The third kappa shape index (κ3) is 4.03. The quantitative estimate of drug-likeness (QED) is 0.112. The Bertz CT molecular complexity index is 838. The van der Waals surface area contributed by atoms with E-state index in [1.807, 2.05) is 0 Å². The van der Waals surface area contributed by atoms with Gasteiger partial charge in [0.05, 0.1) is 4.59 Å². The zero-order chi connectivity index (χ0) is 32.0. The van der Waals surface area contributed by atoms with Crippen LogP contribution in [0.25, 0.3) is 0 Å². The third-order valence-corrected chi connectivity index (χ3v) is 9.07. The summed E-state index contributed by atoms with van der Waals surface area (Å²) in [4.78, 5) is 0. The van der Waals surface area contributed by atoms with Crippen LogP contribution in [0.1, 0.15) is 0 Å². The smallest absolute Gasteiger partial charge is 0.196 e. The lowest BCUT2D eigenvalue weighted by Gasteiger charge is -2.49. The lowest BCUT2D eigenvalue weighted by Crippen LogP contribution is -2.96. The van der Waals surface area contributed by atoms with E-state index >= 15 is 0 Å². The van der Waals surface area contributed by atoms with Crippen molar-refractivity contribution in [2.75, 3.05) is 0 Å². The first-order valence-electron chi connectivity index (χ1n) is 7.57. The minimum Gasteiger partial charge on any atom is -0.196 e. The highest BCUT2D eigenvalue weighted by Gasteiger charge is 3.16. The van der Waals surface area contributed by atoms with Crippen molar-refractivity contribution in [3.63, 3.8) is 0 Å². The molecule has 0 aliphatic rings. The molecule has 0 N–H and O–H groups in total. The van der Waals surface area contributed by atoms with Crippen molar-refractivity contribution >= 4 is 8.24 Å². The topological polar surface area (TPSA) is 0 Å². The van der Waals surface area contributed by atoms with E-state index in [4.69, 9.17) is 0 Å². The molecule has 230 valence electrons. The van der Waals surface area contributed by atoms with Gasteiger partial charge in [0.1, 0.15) is 0 Å². The molecule has 0 aromatic carbocycles. The minimum atomic E-state index is -13.4. The van der Waals surface area contributed by atoms with E-state index < -0.39 is 72.1 Å². The van der Waals surface area contributed by atoms with Crippen molar-refractivity contribution in [3.8, 4) is 0 Å². The molecule has 0 amide bonds. The van der Waals surface area contributed by atoms with E-state index in [2.05, 4.69) is 0 Å². The molecule has 0 saturated carbocycles. The Morgan fingerprint density at radius 2 is 0.579 bits per heavy atom. The van der Waals surface area contributed by atoms with E-state index in [1.54, 1.807) is 0 Å². The van der Waals surface area contributed by atoms with Crippen LogP contribution in [0.3, 0.4) is 0 Å². The molecule has 0 spiro atoms. The molecular formula is C10F26NSi+. The van der Waals surface area contributed by atoms with E-state index in [0.29, 0.717) is 0 Å². The largest absolute Gasteiger partial charge is 0.612 e. The molecule has 1 nitrogen and oxygen atoms in total. The summed E-state index contributed by atoms with van der Waals surface area (Å²) >= 11 is 0. The number of nitrogens with zero attached hydrogens (tertiary/aromatic N) is 1. The van der Waals surface area contributed by atoms with Gasteiger partial charge < -0.3 is 0 Å². The minimum absolute atomic E-state index is 8.60. The number of alkyl halides is 24. The fourth-order valence-electron chi connectivity index (χ4n) is 2.50. The van der Waals surface area contributed by atoms with E-state index in [1.165, 1.54) is 0 Å². The van der Waals surface area contributed by atoms with Crippen LogP contribution in [0.5, 0.6) is 0 Å². The Kier molecular flexibility index (Phi) is 8.07. The van der Waals surface area contributed by atoms with Gasteiger partial charge in [-0.3, -0.25) is 0 Å². The van der Waals surface area contributed by atoms with Gasteiger partial charge in [0.25, 0.3) is 0 Å². The Hall–Kier alpha value is -1.64. The van der Waals surface area contributed by atoms with Gasteiger partial charge in [0, 0.05) is 8.96 Å². The molecule has 0 bridgehead atoms. The van der Waals surface area contributed by atoms with Crippen molar-refractivity contribution in [1.29, 1.82) is 0 Å². The molecule has 0 saturated heterocycles. The molecular weight excluding hydrogens is 656 g/mol. The molecule has 0 fully saturated rings. The van der Waals surface area contributed by atoms with Crippen LogP contribution in [-0.2, 0) is 0 Å². The lowest BCUT2D eigenvalue weighted by atomic mass is 10.1. The van der Waals surface area contributed by atoms with Crippen molar-refractivity contribution in [1.82, 2.24) is 0 Å². The number of halogens is 26. The second-order valence-electron chi connectivity index (χ2n) is 6.63. The molecule has 28 heteroatoms. The summed E-state index contributed by atoms with van der Waals surface area (Å²) in [7, 11) is -13.4. The highest BCUT2D eigenvalue weighted by molar-refractivity contribution is 6.80. The Morgan fingerprint density at radius 1 is 0.316 bits per heavy atom. The molecule has 0 aliphatic heterocycles. The van der Waals surface area contributed by atoms with Crippen LogP contribution in [0, 0.1) is 0 Å². The molecule has 0 heterocycles. The molecule has 0 rings (SSSR count). The van der Waals surface area contributed by atoms with Crippen LogP contribution < -0.4 is 0 Å². The second-order valence-corrected chi connectivity index (χ2v) is 10.5. The molecule has 0 unspecified atom stereocenters. The van der Waals surface area contributed by atoms with Gasteiger partial charge in [0.2, 0.25) is 0 Å². The molecule has 0 aromatic heterocycles. The Labute approximate surface area is 188 Å². The van der Waals surface area contributed by atoms with Gasteiger partial charge in [-0.25, -0.2) is 0 Å². The third-order valence-electron chi connectivity index (χ3n) is 4.33. The van der Waals surface area contributed by atoms with E-state index in [-0.39, 0.29) is 0 Å². The van der Waals surface area contributed by atoms with Gasteiger partial charge >= 0.3 is 67.5 Å². The second kappa shape index (κ2) is 8.43. The predicted molar refractivity (Wildman–Crippen MR) is 62.1 cm³/mol. The number of hydrogen-bond acceptors (Lipinski definition) is 0. The summed E-state index contributed by atoms with van der Waals surface area (Å²) in [6, 6.07) is -9.59. The monoisotopic (exact) mass is 656 g/mol. The maximum atomic E-state index is 14.2. The van der Waals surface area contributed by atoms with Crippen molar-refractivity contribution in [2.24, 2.45) is 0 Å². The summed E-state index contributed by atoms with van der Waals surface area (Å²) in [6.45, 7) is 0. The molecule has 0 radical (unpaired) electrons. The lowest BCUT2D eigenvalue weighted by molar-refractivity contribution is -1.17. The fourth-order valence-corrected chi connectivity index (χ4v) is 6.72.